The third-order valence-corrected chi connectivity index (χ3v) is 3.18. The average Bonchev–Trinajstić information content (AvgIpc) is 2.63. The smallest absolute Gasteiger partial charge is 0.148 e. The van der Waals surface area contributed by atoms with Crippen LogP contribution in [0.2, 0.25) is 0 Å². The molecule has 0 amide bonds. The first-order chi connectivity index (χ1) is 7.25. The summed E-state index contributed by atoms with van der Waals surface area (Å²) in [5.41, 5.74) is 2.36. The van der Waals surface area contributed by atoms with Gasteiger partial charge in [-0.1, -0.05) is 18.2 Å². The number of nitrogens with one attached hydrogen (secondary N) is 2. The first kappa shape index (κ1) is 10.5. The van der Waals surface area contributed by atoms with Gasteiger partial charge in [0.2, 0.25) is 0 Å². The van der Waals surface area contributed by atoms with Crippen LogP contribution in [-0.2, 0) is 6.54 Å². The van der Waals surface area contributed by atoms with Crippen molar-refractivity contribution in [2.45, 2.75) is 13.5 Å². The molecule has 0 saturated heterocycles. The molecule has 3 nitrogen and oxygen atoms in total. The maximum absolute atomic E-state index is 4.12. The van der Waals surface area contributed by atoms with Gasteiger partial charge in [-0.05, 0) is 41.1 Å². The van der Waals surface area contributed by atoms with E-state index in [1.165, 1.54) is 9.13 Å². The molecule has 2 rings (SSSR count). The predicted molar refractivity (Wildman–Crippen MR) is 69.8 cm³/mol. The van der Waals surface area contributed by atoms with E-state index in [0.29, 0.717) is 0 Å². The van der Waals surface area contributed by atoms with Crippen LogP contribution in [0.25, 0.3) is 0 Å². The lowest BCUT2D eigenvalue weighted by atomic mass is 10.2. The maximum atomic E-state index is 4.12. The van der Waals surface area contributed by atoms with Crippen molar-refractivity contribution < 1.29 is 0 Å². The molecule has 0 spiro atoms. The molecule has 0 aliphatic heterocycles. The molecule has 0 aliphatic rings. The monoisotopic (exact) mass is 313 g/mol. The second-order valence-corrected chi connectivity index (χ2v) is 4.54. The van der Waals surface area contributed by atoms with Crippen LogP contribution in [0.15, 0.2) is 30.3 Å². The van der Waals surface area contributed by atoms with Gasteiger partial charge in [0.05, 0.1) is 0 Å². The van der Waals surface area contributed by atoms with Gasteiger partial charge in [0, 0.05) is 21.9 Å². The van der Waals surface area contributed by atoms with E-state index in [1.54, 1.807) is 0 Å². The van der Waals surface area contributed by atoms with Crippen molar-refractivity contribution in [2.24, 2.45) is 0 Å². The second-order valence-electron chi connectivity index (χ2n) is 3.38. The Morgan fingerprint density at radius 1 is 1.40 bits per heavy atom. The number of aromatic amines is 1. The number of H-pyrrole nitrogens is 1. The zero-order valence-corrected chi connectivity index (χ0v) is 10.6. The molecule has 2 aromatic rings. The summed E-state index contributed by atoms with van der Waals surface area (Å²) < 4.78 is 1.27. The summed E-state index contributed by atoms with van der Waals surface area (Å²) in [5, 5.41) is 10.3. The summed E-state index contributed by atoms with van der Waals surface area (Å²) in [6.07, 6.45) is 0. The molecule has 1 aromatic heterocycles. The third-order valence-electron chi connectivity index (χ3n) is 2.12. The fraction of sp³-hybridized carbons (Fsp3) is 0.182. The van der Waals surface area contributed by atoms with Crippen molar-refractivity contribution in [3.05, 3.63) is 45.2 Å². The highest BCUT2D eigenvalue weighted by atomic mass is 127. The van der Waals surface area contributed by atoms with Crippen LogP contribution < -0.4 is 5.32 Å². The Kier molecular flexibility index (Phi) is 3.25. The Labute approximate surface area is 102 Å². The number of hydrogen-bond acceptors (Lipinski definition) is 2. The van der Waals surface area contributed by atoms with Gasteiger partial charge >= 0.3 is 0 Å². The molecule has 0 fully saturated rings. The Morgan fingerprint density at radius 3 is 2.87 bits per heavy atom. The molecule has 0 atom stereocenters. The predicted octanol–water partition coefficient (Wildman–Crippen LogP) is 2.93. The van der Waals surface area contributed by atoms with Gasteiger partial charge in [-0.3, -0.25) is 5.10 Å². The SMILES string of the molecule is Cc1cc(NCc2ccccc2I)n[nH]1. The van der Waals surface area contributed by atoms with E-state index >= 15 is 0 Å². The highest BCUT2D eigenvalue weighted by molar-refractivity contribution is 14.1. The number of aryl methyl sites for hydroxylation is 1. The zero-order valence-electron chi connectivity index (χ0n) is 8.42. The third kappa shape index (κ3) is 2.71. The molecule has 0 unspecified atom stereocenters. The van der Waals surface area contributed by atoms with Crippen LogP contribution in [0, 0.1) is 10.5 Å². The molecule has 1 aromatic carbocycles. The number of aromatic nitrogens is 2. The standard InChI is InChI=1S/C11H12IN3/c1-8-6-11(15-14-8)13-7-9-4-2-3-5-10(9)12/h2-6H,7H2,1H3,(H2,13,14,15). The molecular formula is C11H12IN3. The topological polar surface area (TPSA) is 40.7 Å². The summed E-state index contributed by atoms with van der Waals surface area (Å²) in [4.78, 5) is 0. The lowest BCUT2D eigenvalue weighted by molar-refractivity contribution is 1.02. The summed E-state index contributed by atoms with van der Waals surface area (Å²) in [6, 6.07) is 10.3. The Morgan fingerprint density at radius 2 is 2.20 bits per heavy atom. The van der Waals surface area contributed by atoms with Gasteiger partial charge in [0.25, 0.3) is 0 Å². The summed E-state index contributed by atoms with van der Waals surface area (Å²) >= 11 is 2.34. The first-order valence-corrected chi connectivity index (χ1v) is 5.83. The van der Waals surface area contributed by atoms with Gasteiger partial charge < -0.3 is 5.32 Å². The maximum Gasteiger partial charge on any atom is 0.148 e. The van der Waals surface area contributed by atoms with E-state index < -0.39 is 0 Å². The average molecular weight is 313 g/mol. The Bertz CT molecular complexity index is 451. The van der Waals surface area contributed by atoms with Crippen molar-refractivity contribution in [1.82, 2.24) is 10.2 Å². The normalized spacial score (nSPS) is 10.3. The molecule has 0 saturated carbocycles. The number of rotatable bonds is 3. The second kappa shape index (κ2) is 4.65. The van der Waals surface area contributed by atoms with Crippen LogP contribution in [-0.4, -0.2) is 10.2 Å². The van der Waals surface area contributed by atoms with Crippen LogP contribution in [0.3, 0.4) is 0 Å². The minimum absolute atomic E-state index is 0.809. The number of nitrogens with zero attached hydrogens (tertiary/aromatic N) is 1. The Balaban J connectivity index is 2.02. The van der Waals surface area contributed by atoms with Crippen molar-refractivity contribution >= 4 is 28.4 Å². The zero-order chi connectivity index (χ0) is 10.7. The summed E-state index contributed by atoms with van der Waals surface area (Å²) in [6.45, 7) is 2.80. The van der Waals surface area contributed by atoms with Gasteiger partial charge in [-0.25, -0.2) is 0 Å². The molecule has 78 valence electrons. The number of halogens is 1. The minimum Gasteiger partial charge on any atom is -0.364 e. The van der Waals surface area contributed by atoms with E-state index in [9.17, 15) is 0 Å². The Hall–Kier alpha value is -1.04. The van der Waals surface area contributed by atoms with Crippen LogP contribution in [0.5, 0.6) is 0 Å². The van der Waals surface area contributed by atoms with Crippen molar-refractivity contribution in [3.63, 3.8) is 0 Å². The van der Waals surface area contributed by atoms with Gasteiger partial charge in [0.15, 0.2) is 0 Å². The van der Waals surface area contributed by atoms with E-state index in [-0.39, 0.29) is 0 Å². The van der Waals surface area contributed by atoms with E-state index in [4.69, 9.17) is 0 Å². The fourth-order valence-corrected chi connectivity index (χ4v) is 1.91. The highest BCUT2D eigenvalue weighted by Crippen LogP contribution is 2.13. The molecular weight excluding hydrogens is 301 g/mol. The van der Waals surface area contributed by atoms with Crippen LogP contribution in [0.1, 0.15) is 11.3 Å². The molecule has 15 heavy (non-hydrogen) atoms. The lowest BCUT2D eigenvalue weighted by Crippen LogP contribution is -2.01. The van der Waals surface area contributed by atoms with E-state index in [1.807, 2.05) is 19.1 Å². The number of hydrogen-bond donors (Lipinski definition) is 2. The minimum atomic E-state index is 0.809. The molecule has 0 aliphatic carbocycles. The molecule has 0 radical (unpaired) electrons. The molecule has 2 N–H and O–H groups in total. The van der Waals surface area contributed by atoms with E-state index in [2.05, 4.69) is 56.3 Å². The van der Waals surface area contributed by atoms with Gasteiger partial charge in [0.1, 0.15) is 5.82 Å². The molecule has 1 heterocycles. The van der Waals surface area contributed by atoms with E-state index in [0.717, 1.165) is 18.1 Å². The van der Waals surface area contributed by atoms with Crippen molar-refractivity contribution in [3.8, 4) is 0 Å². The van der Waals surface area contributed by atoms with Crippen LogP contribution in [0.4, 0.5) is 5.82 Å². The number of anilines is 1. The first-order valence-electron chi connectivity index (χ1n) is 4.75. The van der Waals surface area contributed by atoms with Gasteiger partial charge in [-0.15, -0.1) is 0 Å². The quantitative estimate of drug-likeness (QED) is 0.856. The largest absolute Gasteiger partial charge is 0.364 e. The molecule has 4 heteroatoms. The van der Waals surface area contributed by atoms with Crippen LogP contribution >= 0.6 is 22.6 Å². The summed E-state index contributed by atoms with van der Waals surface area (Å²) in [5.74, 6) is 0.896. The van der Waals surface area contributed by atoms with Crippen molar-refractivity contribution in [2.75, 3.05) is 5.32 Å². The molecule has 0 bridgehead atoms. The van der Waals surface area contributed by atoms with Gasteiger partial charge in [-0.2, -0.15) is 5.10 Å². The number of benzene rings is 1. The summed E-state index contributed by atoms with van der Waals surface area (Å²) in [7, 11) is 0. The fourth-order valence-electron chi connectivity index (χ4n) is 1.34. The highest BCUT2D eigenvalue weighted by Gasteiger charge is 1.99. The van der Waals surface area contributed by atoms with Crippen molar-refractivity contribution in [1.29, 1.82) is 0 Å². The lowest BCUT2D eigenvalue weighted by Gasteiger charge is -2.04.